The van der Waals surface area contributed by atoms with Crippen LogP contribution in [0.15, 0.2) is 174 Å². The molecule has 3 heterocycles. The van der Waals surface area contributed by atoms with Gasteiger partial charge in [-0.25, -0.2) is 4.98 Å². The molecule has 0 amide bonds. The summed E-state index contributed by atoms with van der Waals surface area (Å²) in [6, 6.07) is 58.6. The van der Waals surface area contributed by atoms with Crippen LogP contribution in [0.2, 0.25) is 0 Å². The second kappa shape index (κ2) is 11.4. The lowest BCUT2D eigenvalue weighted by Gasteiger charge is -2.12. The molecule has 234 valence electrons. The Bertz CT molecular complexity index is 2870. The van der Waals surface area contributed by atoms with Gasteiger partial charge in [-0.05, 0) is 47.0 Å². The van der Waals surface area contributed by atoms with Gasteiger partial charge in [0.05, 0.1) is 11.0 Å². The third-order valence-corrected chi connectivity index (χ3v) is 9.47. The van der Waals surface area contributed by atoms with Gasteiger partial charge in [0.1, 0.15) is 11.2 Å². The Morgan fingerprint density at radius 1 is 0.380 bits per heavy atom. The van der Waals surface area contributed by atoms with Crippen LogP contribution in [0.4, 0.5) is 0 Å². The number of hydrogen-bond donors (Lipinski definition) is 0. The van der Waals surface area contributed by atoms with Crippen molar-refractivity contribution < 1.29 is 4.42 Å². The van der Waals surface area contributed by atoms with Gasteiger partial charge in [-0.2, -0.15) is 9.97 Å². The van der Waals surface area contributed by atoms with Gasteiger partial charge in [0.2, 0.25) is 5.95 Å². The third-order valence-electron chi connectivity index (χ3n) is 9.47. The fraction of sp³-hybridized carbons (Fsp3) is 0. The maximum Gasteiger partial charge on any atom is 0.238 e. The minimum Gasteiger partial charge on any atom is -0.455 e. The molecule has 10 rings (SSSR count). The number of rotatable bonds is 5. The Labute approximate surface area is 287 Å². The van der Waals surface area contributed by atoms with Gasteiger partial charge in [0, 0.05) is 38.2 Å². The minimum atomic E-state index is 0.567. The molecule has 0 unspecified atom stereocenters. The first-order valence-electron chi connectivity index (χ1n) is 16.7. The zero-order chi connectivity index (χ0) is 33.0. The summed E-state index contributed by atoms with van der Waals surface area (Å²) in [5.41, 5.74) is 10.1. The molecule has 0 bridgehead atoms. The molecule has 5 nitrogen and oxygen atoms in total. The Balaban J connectivity index is 1.19. The predicted octanol–water partition coefficient (Wildman–Crippen LogP) is 11.5. The second-order valence-corrected chi connectivity index (χ2v) is 12.5. The van der Waals surface area contributed by atoms with Gasteiger partial charge in [-0.1, -0.05) is 140 Å². The van der Waals surface area contributed by atoms with Gasteiger partial charge < -0.3 is 4.42 Å². The third kappa shape index (κ3) is 4.60. The predicted molar refractivity (Wildman–Crippen MR) is 203 cm³/mol. The molecule has 0 aliphatic heterocycles. The summed E-state index contributed by atoms with van der Waals surface area (Å²) < 4.78 is 8.59. The number of furan rings is 1. The molecule has 5 heteroatoms. The number of nitrogens with zero attached hydrogens (tertiary/aromatic N) is 4. The van der Waals surface area contributed by atoms with Crippen LogP contribution in [0.3, 0.4) is 0 Å². The van der Waals surface area contributed by atoms with Crippen LogP contribution in [0.1, 0.15) is 0 Å². The fourth-order valence-electron chi connectivity index (χ4n) is 7.11. The van der Waals surface area contributed by atoms with Crippen LogP contribution >= 0.6 is 0 Å². The van der Waals surface area contributed by atoms with Crippen molar-refractivity contribution in [2.24, 2.45) is 0 Å². The van der Waals surface area contributed by atoms with Gasteiger partial charge in [-0.15, -0.1) is 0 Å². The van der Waals surface area contributed by atoms with E-state index in [1.807, 2.05) is 48.5 Å². The van der Waals surface area contributed by atoms with Crippen molar-refractivity contribution in [1.82, 2.24) is 19.5 Å². The molecular formula is C45H28N4O. The number of hydrogen-bond acceptors (Lipinski definition) is 4. The summed E-state index contributed by atoms with van der Waals surface area (Å²) in [6.07, 6.45) is 0. The van der Waals surface area contributed by atoms with Crippen LogP contribution in [-0.4, -0.2) is 19.5 Å². The molecule has 0 spiro atoms. The van der Waals surface area contributed by atoms with E-state index in [1.54, 1.807) is 0 Å². The highest BCUT2D eigenvalue weighted by Crippen LogP contribution is 2.39. The van der Waals surface area contributed by atoms with E-state index in [2.05, 4.69) is 126 Å². The molecule has 0 N–H and O–H groups in total. The summed E-state index contributed by atoms with van der Waals surface area (Å²) in [5, 5.41) is 4.47. The highest BCUT2D eigenvalue weighted by atomic mass is 16.3. The first kappa shape index (κ1) is 28.2. The normalized spacial score (nSPS) is 11.6. The smallest absolute Gasteiger partial charge is 0.238 e. The average Bonchev–Trinajstić information content (AvgIpc) is 3.74. The highest BCUT2D eigenvalue weighted by Gasteiger charge is 2.19. The first-order valence-corrected chi connectivity index (χ1v) is 16.7. The summed E-state index contributed by atoms with van der Waals surface area (Å²) in [6.45, 7) is 0. The fourth-order valence-corrected chi connectivity index (χ4v) is 7.11. The van der Waals surface area contributed by atoms with Crippen LogP contribution < -0.4 is 0 Å². The Kier molecular flexibility index (Phi) is 6.42. The molecule has 0 aliphatic carbocycles. The zero-order valence-corrected chi connectivity index (χ0v) is 26.9. The van der Waals surface area contributed by atoms with Gasteiger partial charge in [0.25, 0.3) is 0 Å². The molecule has 0 radical (unpaired) electrons. The molecule has 0 fully saturated rings. The van der Waals surface area contributed by atoms with Crippen molar-refractivity contribution in [2.45, 2.75) is 0 Å². The van der Waals surface area contributed by atoms with E-state index in [1.165, 1.54) is 0 Å². The van der Waals surface area contributed by atoms with Crippen molar-refractivity contribution in [3.8, 4) is 51.0 Å². The summed E-state index contributed by atoms with van der Waals surface area (Å²) in [4.78, 5) is 15.3. The monoisotopic (exact) mass is 640 g/mol. The van der Waals surface area contributed by atoms with E-state index in [-0.39, 0.29) is 0 Å². The summed E-state index contributed by atoms with van der Waals surface area (Å²) in [5.74, 6) is 1.80. The minimum absolute atomic E-state index is 0.567. The van der Waals surface area contributed by atoms with Crippen molar-refractivity contribution >= 4 is 43.7 Å². The number of benzene rings is 7. The Morgan fingerprint density at radius 3 is 1.84 bits per heavy atom. The number of fused-ring (bicyclic) bond motifs is 6. The lowest BCUT2D eigenvalue weighted by molar-refractivity contribution is 0.670. The molecule has 50 heavy (non-hydrogen) atoms. The molecule has 0 atom stereocenters. The second-order valence-electron chi connectivity index (χ2n) is 12.5. The Hall–Kier alpha value is -6.85. The molecule has 0 saturated heterocycles. The van der Waals surface area contributed by atoms with E-state index in [9.17, 15) is 0 Å². The van der Waals surface area contributed by atoms with E-state index in [0.717, 1.165) is 77.1 Å². The topological polar surface area (TPSA) is 56.7 Å². The SMILES string of the molecule is c1ccc(-c2cccc(-c3nc(-c4ccccc4)nc(-n4c5ccccc5c5cc(-c6cccc7c6oc6ccccc67)ccc54)n3)c2)cc1. The summed E-state index contributed by atoms with van der Waals surface area (Å²) in [7, 11) is 0. The maximum atomic E-state index is 6.43. The van der Waals surface area contributed by atoms with Crippen molar-refractivity contribution in [1.29, 1.82) is 0 Å². The Morgan fingerprint density at radius 2 is 1.00 bits per heavy atom. The van der Waals surface area contributed by atoms with E-state index in [4.69, 9.17) is 19.4 Å². The van der Waals surface area contributed by atoms with E-state index >= 15 is 0 Å². The molecule has 0 aliphatic rings. The molecular weight excluding hydrogens is 613 g/mol. The number of aromatic nitrogens is 4. The first-order chi connectivity index (χ1) is 24.8. The van der Waals surface area contributed by atoms with Crippen LogP contribution in [0.5, 0.6) is 0 Å². The lowest BCUT2D eigenvalue weighted by Crippen LogP contribution is -2.06. The lowest BCUT2D eigenvalue weighted by atomic mass is 10.0. The highest BCUT2D eigenvalue weighted by molar-refractivity contribution is 6.13. The largest absolute Gasteiger partial charge is 0.455 e. The van der Waals surface area contributed by atoms with Gasteiger partial charge >= 0.3 is 0 Å². The van der Waals surface area contributed by atoms with Crippen LogP contribution in [0, 0.1) is 0 Å². The number of para-hydroxylation sites is 3. The van der Waals surface area contributed by atoms with Crippen LogP contribution in [-0.2, 0) is 0 Å². The summed E-state index contributed by atoms with van der Waals surface area (Å²) >= 11 is 0. The van der Waals surface area contributed by atoms with Gasteiger partial charge in [0.15, 0.2) is 11.6 Å². The molecule has 3 aromatic heterocycles. The van der Waals surface area contributed by atoms with Crippen molar-refractivity contribution in [3.63, 3.8) is 0 Å². The molecule has 0 saturated carbocycles. The molecule has 7 aromatic carbocycles. The maximum absolute atomic E-state index is 6.43. The zero-order valence-electron chi connectivity index (χ0n) is 26.9. The average molecular weight is 641 g/mol. The van der Waals surface area contributed by atoms with Crippen molar-refractivity contribution in [2.75, 3.05) is 0 Å². The van der Waals surface area contributed by atoms with E-state index in [0.29, 0.717) is 17.6 Å². The van der Waals surface area contributed by atoms with Crippen molar-refractivity contribution in [3.05, 3.63) is 170 Å². The van der Waals surface area contributed by atoms with Gasteiger partial charge in [-0.3, -0.25) is 4.57 Å². The quantitative estimate of drug-likeness (QED) is 0.188. The standard InChI is InChI=1S/C45H28N4O/c1-3-13-29(14-4-1)31-17-11-18-33(27-31)44-46-43(30-15-5-2-6-16-30)47-45(48-44)49-39-23-9-7-19-35(39)38-28-32(25-26-40(38)49)34-21-12-22-37-36-20-8-10-24-41(36)50-42(34)37/h1-28H. The van der Waals surface area contributed by atoms with E-state index < -0.39 is 0 Å². The molecule has 10 aromatic rings. The van der Waals surface area contributed by atoms with Crippen LogP contribution in [0.25, 0.3) is 94.7 Å².